The zero-order valence-corrected chi connectivity index (χ0v) is 12.8. The largest absolute Gasteiger partial charge is 0.465 e. The van der Waals surface area contributed by atoms with Crippen LogP contribution in [-0.2, 0) is 28.6 Å². The summed E-state index contributed by atoms with van der Waals surface area (Å²) in [6.45, 7) is 9.18. The Morgan fingerprint density at radius 2 is 1.40 bits per heavy atom. The smallest absolute Gasteiger partial charge is 0.348 e. The third kappa shape index (κ3) is 9.35. The molecule has 0 saturated carbocycles. The van der Waals surface area contributed by atoms with Gasteiger partial charge in [0, 0.05) is 6.92 Å². The molecule has 0 fully saturated rings. The first kappa shape index (κ1) is 18.4. The van der Waals surface area contributed by atoms with Crippen LogP contribution in [0.15, 0.2) is 0 Å². The van der Waals surface area contributed by atoms with Crippen molar-refractivity contribution in [3.63, 3.8) is 0 Å². The highest BCUT2D eigenvalue weighted by atomic mass is 16.6. The van der Waals surface area contributed by atoms with Crippen LogP contribution in [0.5, 0.6) is 0 Å². The molecule has 0 unspecified atom stereocenters. The molecule has 0 aromatic carbocycles. The van der Waals surface area contributed by atoms with Crippen LogP contribution >= 0.6 is 0 Å². The molecule has 20 heavy (non-hydrogen) atoms. The third-order valence-corrected chi connectivity index (χ3v) is 2.06. The molecule has 0 N–H and O–H groups in total. The Kier molecular flexibility index (Phi) is 8.59. The first-order valence-corrected chi connectivity index (χ1v) is 6.71. The number of esters is 3. The average Bonchev–Trinajstić information content (AvgIpc) is 2.32. The molecule has 116 valence electrons. The van der Waals surface area contributed by atoms with Gasteiger partial charge in [-0.15, -0.1) is 0 Å². The molecule has 6 nitrogen and oxygen atoms in total. The van der Waals surface area contributed by atoms with Crippen molar-refractivity contribution in [1.82, 2.24) is 0 Å². The van der Waals surface area contributed by atoms with Gasteiger partial charge in [-0.3, -0.25) is 9.59 Å². The molecule has 1 atom stereocenters. The first-order valence-electron chi connectivity index (χ1n) is 6.71. The molecule has 0 rings (SSSR count). The fourth-order valence-electron chi connectivity index (χ4n) is 1.19. The summed E-state index contributed by atoms with van der Waals surface area (Å²) in [5, 5.41) is 0. The van der Waals surface area contributed by atoms with Gasteiger partial charge in [-0.25, -0.2) is 4.79 Å². The summed E-state index contributed by atoms with van der Waals surface area (Å²) in [5.41, 5.74) is 0. The number of carbonyl (C=O) groups excluding carboxylic acids is 3. The molecule has 0 aliphatic heterocycles. The van der Waals surface area contributed by atoms with Gasteiger partial charge in [-0.1, -0.05) is 27.7 Å². The maximum Gasteiger partial charge on any atom is 0.348 e. The molecule has 0 aromatic rings. The van der Waals surface area contributed by atoms with Gasteiger partial charge >= 0.3 is 17.9 Å². The Morgan fingerprint density at radius 3 is 1.85 bits per heavy atom. The highest BCUT2D eigenvalue weighted by Crippen LogP contribution is 2.07. The maximum atomic E-state index is 11.7. The van der Waals surface area contributed by atoms with Crippen molar-refractivity contribution in [2.24, 2.45) is 11.8 Å². The molecule has 0 aliphatic rings. The summed E-state index contributed by atoms with van der Waals surface area (Å²) in [6.07, 6.45) is -1.57. The fourth-order valence-corrected chi connectivity index (χ4v) is 1.19. The fraction of sp³-hybridized carbons (Fsp3) is 0.786. The molecule has 0 spiro atoms. The van der Waals surface area contributed by atoms with Gasteiger partial charge in [0.25, 0.3) is 0 Å². The molecule has 0 amide bonds. The predicted molar refractivity (Wildman–Crippen MR) is 71.8 cm³/mol. The van der Waals surface area contributed by atoms with Crippen molar-refractivity contribution in [1.29, 1.82) is 0 Å². The van der Waals surface area contributed by atoms with Crippen molar-refractivity contribution in [3.05, 3.63) is 0 Å². The Morgan fingerprint density at radius 1 is 0.900 bits per heavy atom. The van der Waals surface area contributed by atoms with E-state index >= 15 is 0 Å². The Labute approximate surface area is 119 Å². The normalized spacial score (nSPS) is 12.2. The standard InChI is InChI=1S/C14H24O6/c1-9(2)7-18-13(16)6-12(20-11(5)15)14(17)19-8-10(3)4/h9-10,12H,6-8H2,1-5H3/t12-/m0/s1. The number of hydrogen-bond donors (Lipinski definition) is 0. The predicted octanol–water partition coefficient (Wildman–Crippen LogP) is 1.71. The van der Waals surface area contributed by atoms with Gasteiger partial charge in [0.05, 0.1) is 19.6 Å². The molecule has 0 aliphatic carbocycles. The topological polar surface area (TPSA) is 78.9 Å². The van der Waals surface area contributed by atoms with Crippen LogP contribution in [0, 0.1) is 11.8 Å². The van der Waals surface area contributed by atoms with Gasteiger partial charge in [-0.2, -0.15) is 0 Å². The summed E-state index contributed by atoms with van der Waals surface area (Å²) < 4.78 is 14.7. The summed E-state index contributed by atoms with van der Waals surface area (Å²) in [4.78, 5) is 34.3. The lowest BCUT2D eigenvalue weighted by atomic mass is 10.2. The number of carbonyl (C=O) groups is 3. The van der Waals surface area contributed by atoms with Crippen LogP contribution in [-0.4, -0.2) is 37.2 Å². The Bertz CT molecular complexity index is 335. The number of ether oxygens (including phenoxy) is 3. The van der Waals surface area contributed by atoms with Crippen molar-refractivity contribution >= 4 is 17.9 Å². The highest BCUT2D eigenvalue weighted by molar-refractivity contribution is 5.84. The van der Waals surface area contributed by atoms with Gasteiger partial charge in [0.2, 0.25) is 6.10 Å². The van der Waals surface area contributed by atoms with E-state index in [-0.39, 0.29) is 31.5 Å². The lowest BCUT2D eigenvalue weighted by Gasteiger charge is -2.16. The lowest BCUT2D eigenvalue weighted by molar-refractivity contribution is -0.171. The van der Waals surface area contributed by atoms with E-state index < -0.39 is 24.0 Å². The summed E-state index contributed by atoms with van der Waals surface area (Å²) >= 11 is 0. The molecule has 0 aromatic heterocycles. The van der Waals surface area contributed by atoms with E-state index in [0.717, 1.165) is 0 Å². The van der Waals surface area contributed by atoms with E-state index in [2.05, 4.69) is 0 Å². The summed E-state index contributed by atoms with van der Waals surface area (Å²) in [6, 6.07) is 0. The second-order valence-corrected chi connectivity index (χ2v) is 5.40. The van der Waals surface area contributed by atoms with E-state index in [1.54, 1.807) is 0 Å². The van der Waals surface area contributed by atoms with Gasteiger partial charge in [-0.05, 0) is 11.8 Å². The van der Waals surface area contributed by atoms with Crippen LogP contribution in [0.1, 0.15) is 41.0 Å². The minimum atomic E-state index is -1.24. The zero-order valence-electron chi connectivity index (χ0n) is 12.8. The first-order chi connectivity index (χ1) is 9.22. The van der Waals surface area contributed by atoms with Crippen LogP contribution in [0.4, 0.5) is 0 Å². The van der Waals surface area contributed by atoms with Gasteiger partial charge in [0.15, 0.2) is 0 Å². The van der Waals surface area contributed by atoms with E-state index in [1.807, 2.05) is 27.7 Å². The van der Waals surface area contributed by atoms with Crippen molar-refractivity contribution in [2.45, 2.75) is 47.1 Å². The quantitative estimate of drug-likeness (QED) is 0.499. The monoisotopic (exact) mass is 288 g/mol. The minimum Gasteiger partial charge on any atom is -0.465 e. The van der Waals surface area contributed by atoms with E-state index in [0.29, 0.717) is 0 Å². The van der Waals surface area contributed by atoms with Crippen LogP contribution in [0.3, 0.4) is 0 Å². The summed E-state index contributed by atoms with van der Waals surface area (Å²) in [5.74, 6) is -1.61. The summed E-state index contributed by atoms with van der Waals surface area (Å²) in [7, 11) is 0. The maximum absolute atomic E-state index is 11.7. The molecule has 0 saturated heterocycles. The van der Waals surface area contributed by atoms with Crippen LogP contribution in [0.25, 0.3) is 0 Å². The zero-order chi connectivity index (χ0) is 15.7. The second kappa shape index (κ2) is 9.34. The SMILES string of the molecule is CC(=O)O[C@@H](CC(=O)OCC(C)C)C(=O)OCC(C)C. The van der Waals surface area contributed by atoms with E-state index in [1.165, 1.54) is 6.92 Å². The molecule has 6 heteroatoms. The lowest BCUT2D eigenvalue weighted by Crippen LogP contribution is -2.32. The highest BCUT2D eigenvalue weighted by Gasteiger charge is 2.27. The molecular formula is C14H24O6. The Balaban J connectivity index is 4.43. The van der Waals surface area contributed by atoms with Gasteiger partial charge < -0.3 is 14.2 Å². The third-order valence-electron chi connectivity index (χ3n) is 2.06. The molecule has 0 bridgehead atoms. The molecule has 0 heterocycles. The average molecular weight is 288 g/mol. The second-order valence-electron chi connectivity index (χ2n) is 5.40. The van der Waals surface area contributed by atoms with Crippen LogP contribution in [0.2, 0.25) is 0 Å². The minimum absolute atomic E-state index is 0.157. The number of hydrogen-bond acceptors (Lipinski definition) is 6. The van der Waals surface area contributed by atoms with Gasteiger partial charge in [0.1, 0.15) is 0 Å². The van der Waals surface area contributed by atoms with Crippen molar-refractivity contribution < 1.29 is 28.6 Å². The van der Waals surface area contributed by atoms with Crippen molar-refractivity contribution in [3.8, 4) is 0 Å². The van der Waals surface area contributed by atoms with E-state index in [9.17, 15) is 14.4 Å². The number of rotatable bonds is 8. The van der Waals surface area contributed by atoms with Crippen LogP contribution < -0.4 is 0 Å². The van der Waals surface area contributed by atoms with Crippen molar-refractivity contribution in [2.75, 3.05) is 13.2 Å². The Hall–Kier alpha value is -1.59. The van der Waals surface area contributed by atoms with E-state index in [4.69, 9.17) is 14.2 Å². The molecule has 0 radical (unpaired) electrons. The molecular weight excluding hydrogens is 264 g/mol.